The Balaban J connectivity index is 2.04. The van der Waals surface area contributed by atoms with Gasteiger partial charge in [-0.25, -0.2) is 0 Å². The number of rotatable bonds is 6. The van der Waals surface area contributed by atoms with Crippen molar-refractivity contribution in [3.63, 3.8) is 0 Å². The van der Waals surface area contributed by atoms with Gasteiger partial charge in [0.1, 0.15) is 18.1 Å². The second-order valence-corrected chi connectivity index (χ2v) is 5.13. The Morgan fingerprint density at radius 2 is 1.76 bits per heavy atom. The number of para-hydroxylation sites is 1. The predicted octanol–water partition coefficient (Wildman–Crippen LogP) is 3.78. The highest BCUT2D eigenvalue weighted by Gasteiger charge is 2.12. The van der Waals surface area contributed by atoms with Gasteiger partial charge in [0, 0.05) is 5.56 Å². The van der Waals surface area contributed by atoms with Crippen LogP contribution in [0.2, 0.25) is 0 Å². The third kappa shape index (κ3) is 3.99. The molecule has 3 heteroatoms. The van der Waals surface area contributed by atoms with Crippen molar-refractivity contribution < 1.29 is 9.47 Å². The highest BCUT2D eigenvalue weighted by atomic mass is 16.5. The van der Waals surface area contributed by atoms with Gasteiger partial charge in [-0.15, -0.1) is 0 Å². The van der Waals surface area contributed by atoms with Gasteiger partial charge < -0.3 is 15.2 Å². The standard InChI is InChI=1S/C18H23NO2/c1-4-20-18-8-6-5-7-16(18)17(19)12-21-15-10-9-13(2)14(3)11-15/h5-11,17H,4,12,19H2,1-3H3. The molecule has 3 nitrogen and oxygen atoms in total. The molecule has 0 aliphatic rings. The van der Waals surface area contributed by atoms with Crippen LogP contribution in [0, 0.1) is 13.8 Å². The van der Waals surface area contributed by atoms with Gasteiger partial charge >= 0.3 is 0 Å². The van der Waals surface area contributed by atoms with Crippen LogP contribution < -0.4 is 15.2 Å². The molecule has 0 aliphatic heterocycles. The SMILES string of the molecule is CCOc1ccccc1C(N)COc1ccc(C)c(C)c1. The molecular weight excluding hydrogens is 262 g/mol. The largest absolute Gasteiger partial charge is 0.494 e. The molecule has 0 saturated carbocycles. The summed E-state index contributed by atoms with van der Waals surface area (Å²) in [6.45, 7) is 7.18. The molecule has 112 valence electrons. The molecule has 0 aliphatic carbocycles. The topological polar surface area (TPSA) is 44.5 Å². The molecule has 0 radical (unpaired) electrons. The maximum absolute atomic E-state index is 6.24. The normalized spacial score (nSPS) is 12.0. The van der Waals surface area contributed by atoms with Crippen molar-refractivity contribution in [2.75, 3.05) is 13.2 Å². The maximum atomic E-state index is 6.24. The van der Waals surface area contributed by atoms with Crippen molar-refractivity contribution in [2.24, 2.45) is 5.73 Å². The van der Waals surface area contributed by atoms with Crippen LogP contribution in [0.15, 0.2) is 42.5 Å². The average molecular weight is 285 g/mol. The van der Waals surface area contributed by atoms with Crippen LogP contribution in [0.1, 0.15) is 29.7 Å². The highest BCUT2D eigenvalue weighted by Crippen LogP contribution is 2.25. The third-order valence-electron chi connectivity index (χ3n) is 3.53. The Morgan fingerprint density at radius 1 is 1.00 bits per heavy atom. The Labute approximate surface area is 126 Å². The van der Waals surface area contributed by atoms with Gasteiger partial charge in [0.2, 0.25) is 0 Å². The highest BCUT2D eigenvalue weighted by molar-refractivity contribution is 5.37. The molecule has 21 heavy (non-hydrogen) atoms. The smallest absolute Gasteiger partial charge is 0.124 e. The summed E-state index contributed by atoms with van der Waals surface area (Å²) in [6.07, 6.45) is 0. The molecule has 0 spiro atoms. The van der Waals surface area contributed by atoms with E-state index in [4.69, 9.17) is 15.2 Å². The van der Waals surface area contributed by atoms with Crippen molar-refractivity contribution >= 4 is 0 Å². The molecule has 2 aromatic rings. The quantitative estimate of drug-likeness (QED) is 0.878. The van der Waals surface area contributed by atoms with E-state index in [9.17, 15) is 0 Å². The number of aryl methyl sites for hydroxylation is 2. The van der Waals surface area contributed by atoms with E-state index in [1.807, 2.05) is 43.3 Å². The molecule has 2 aromatic carbocycles. The molecular formula is C18H23NO2. The Bertz CT molecular complexity index is 596. The van der Waals surface area contributed by atoms with Crippen molar-refractivity contribution in [2.45, 2.75) is 26.8 Å². The monoisotopic (exact) mass is 285 g/mol. The molecule has 1 unspecified atom stereocenters. The fourth-order valence-corrected chi connectivity index (χ4v) is 2.15. The zero-order valence-corrected chi connectivity index (χ0v) is 12.9. The van der Waals surface area contributed by atoms with E-state index in [2.05, 4.69) is 19.9 Å². The first-order valence-electron chi connectivity index (χ1n) is 7.29. The van der Waals surface area contributed by atoms with Crippen LogP contribution in [0.4, 0.5) is 0 Å². The van der Waals surface area contributed by atoms with Crippen LogP contribution in [-0.4, -0.2) is 13.2 Å². The first-order valence-corrected chi connectivity index (χ1v) is 7.29. The van der Waals surface area contributed by atoms with Gasteiger partial charge in [-0.05, 0) is 50.1 Å². The van der Waals surface area contributed by atoms with Crippen LogP contribution in [0.3, 0.4) is 0 Å². The summed E-state index contributed by atoms with van der Waals surface area (Å²) >= 11 is 0. The first-order chi connectivity index (χ1) is 10.1. The van der Waals surface area contributed by atoms with Crippen molar-refractivity contribution in [3.8, 4) is 11.5 Å². The molecule has 2 rings (SSSR count). The lowest BCUT2D eigenvalue weighted by atomic mass is 10.1. The van der Waals surface area contributed by atoms with Crippen LogP contribution >= 0.6 is 0 Å². The summed E-state index contributed by atoms with van der Waals surface area (Å²) in [5.41, 5.74) is 9.69. The van der Waals surface area contributed by atoms with E-state index < -0.39 is 0 Å². The molecule has 0 fully saturated rings. The van der Waals surface area contributed by atoms with E-state index in [0.29, 0.717) is 13.2 Å². The summed E-state index contributed by atoms with van der Waals surface area (Å²) < 4.78 is 11.4. The zero-order chi connectivity index (χ0) is 15.2. The van der Waals surface area contributed by atoms with Crippen molar-refractivity contribution in [1.29, 1.82) is 0 Å². The van der Waals surface area contributed by atoms with Crippen LogP contribution in [-0.2, 0) is 0 Å². The maximum Gasteiger partial charge on any atom is 0.124 e. The number of hydrogen-bond acceptors (Lipinski definition) is 3. The van der Waals surface area contributed by atoms with Gasteiger partial charge in [0.15, 0.2) is 0 Å². The van der Waals surface area contributed by atoms with E-state index in [1.54, 1.807) is 0 Å². The molecule has 0 saturated heterocycles. The van der Waals surface area contributed by atoms with E-state index in [-0.39, 0.29) is 6.04 Å². The summed E-state index contributed by atoms with van der Waals surface area (Å²) in [7, 11) is 0. The van der Waals surface area contributed by atoms with Crippen LogP contribution in [0.25, 0.3) is 0 Å². The minimum absolute atomic E-state index is 0.214. The Kier molecular flexibility index (Phi) is 5.23. The molecule has 0 bridgehead atoms. The number of ether oxygens (including phenoxy) is 2. The van der Waals surface area contributed by atoms with Crippen molar-refractivity contribution in [1.82, 2.24) is 0 Å². The Morgan fingerprint density at radius 3 is 2.48 bits per heavy atom. The second kappa shape index (κ2) is 7.14. The summed E-state index contributed by atoms with van der Waals surface area (Å²) in [5, 5.41) is 0. The second-order valence-electron chi connectivity index (χ2n) is 5.13. The summed E-state index contributed by atoms with van der Waals surface area (Å²) in [5.74, 6) is 1.68. The van der Waals surface area contributed by atoms with E-state index >= 15 is 0 Å². The fraction of sp³-hybridized carbons (Fsp3) is 0.333. The van der Waals surface area contributed by atoms with Gasteiger partial charge in [0.25, 0.3) is 0 Å². The summed E-state index contributed by atoms with van der Waals surface area (Å²) in [6, 6.07) is 13.7. The minimum atomic E-state index is -0.214. The molecule has 2 N–H and O–H groups in total. The lowest BCUT2D eigenvalue weighted by molar-refractivity contribution is 0.281. The number of benzene rings is 2. The van der Waals surface area contributed by atoms with E-state index in [1.165, 1.54) is 11.1 Å². The lowest BCUT2D eigenvalue weighted by Gasteiger charge is -2.17. The molecule has 1 atom stereocenters. The van der Waals surface area contributed by atoms with Gasteiger partial charge in [0.05, 0.1) is 12.6 Å². The number of hydrogen-bond donors (Lipinski definition) is 1. The lowest BCUT2D eigenvalue weighted by Crippen LogP contribution is -2.20. The average Bonchev–Trinajstić information content (AvgIpc) is 2.49. The van der Waals surface area contributed by atoms with Gasteiger partial charge in [-0.3, -0.25) is 0 Å². The molecule has 0 aromatic heterocycles. The van der Waals surface area contributed by atoms with Crippen molar-refractivity contribution in [3.05, 3.63) is 59.2 Å². The van der Waals surface area contributed by atoms with Gasteiger partial charge in [-0.2, -0.15) is 0 Å². The Hall–Kier alpha value is -2.00. The molecule has 0 heterocycles. The third-order valence-corrected chi connectivity index (χ3v) is 3.53. The van der Waals surface area contributed by atoms with E-state index in [0.717, 1.165) is 17.1 Å². The minimum Gasteiger partial charge on any atom is -0.494 e. The molecule has 0 amide bonds. The predicted molar refractivity (Wildman–Crippen MR) is 86.0 cm³/mol. The number of nitrogens with two attached hydrogens (primary N) is 1. The summed E-state index contributed by atoms with van der Waals surface area (Å²) in [4.78, 5) is 0. The first kappa shape index (κ1) is 15.4. The van der Waals surface area contributed by atoms with Gasteiger partial charge in [-0.1, -0.05) is 24.3 Å². The van der Waals surface area contributed by atoms with Crippen LogP contribution in [0.5, 0.6) is 11.5 Å². The zero-order valence-electron chi connectivity index (χ0n) is 12.9. The fourth-order valence-electron chi connectivity index (χ4n) is 2.15.